The molecule has 1 unspecified atom stereocenters. The Morgan fingerprint density at radius 3 is 2.46 bits per heavy atom. The Bertz CT molecular complexity index is 176. The molecule has 0 rings (SSSR count). The van der Waals surface area contributed by atoms with Gasteiger partial charge in [-0.1, -0.05) is 39.6 Å². The third kappa shape index (κ3) is 10.7. The molecule has 0 spiro atoms. The third-order valence-electron chi connectivity index (χ3n) is 1.18. The summed E-state index contributed by atoms with van der Waals surface area (Å²) < 4.78 is 37.4. The van der Waals surface area contributed by atoms with E-state index in [0.717, 1.165) is 5.57 Å². The first-order valence-corrected chi connectivity index (χ1v) is 7.91. The van der Waals surface area contributed by atoms with Crippen molar-refractivity contribution in [3.05, 3.63) is 12.2 Å². The highest BCUT2D eigenvalue weighted by molar-refractivity contribution is 14.2. The molecule has 0 aromatic carbocycles. The van der Waals surface area contributed by atoms with E-state index in [1.165, 1.54) is 0 Å². The molecule has 2 radical (unpaired) electrons. The maximum atomic E-state index is 11.6. The van der Waals surface area contributed by atoms with Gasteiger partial charge in [0.25, 0.3) is 0 Å². The molecule has 1 nitrogen and oxygen atoms in total. The van der Waals surface area contributed by atoms with Crippen molar-refractivity contribution in [3.63, 3.8) is 0 Å². The van der Waals surface area contributed by atoms with Gasteiger partial charge in [0, 0.05) is 6.42 Å². The maximum absolute atomic E-state index is 11.6. The minimum atomic E-state index is -5.00. The molecular weight excluding hydrogens is 313 g/mol. The third-order valence-corrected chi connectivity index (χ3v) is 2.95. The number of hydrogen-bond acceptors (Lipinski definition) is 0. The lowest BCUT2D eigenvalue weighted by atomic mass is 10.2. The molecule has 13 heavy (non-hydrogen) atoms. The Labute approximate surface area is 91.2 Å². The van der Waals surface area contributed by atoms with E-state index < -0.39 is 12.6 Å². The molecular formula is C5H9B2F3IOP. The molecule has 0 aliphatic carbocycles. The van der Waals surface area contributed by atoms with Crippen LogP contribution < -0.4 is 0 Å². The number of hydrogen-bond donors (Lipinski definition) is 0. The summed E-state index contributed by atoms with van der Waals surface area (Å²) in [5.41, 5.74) is 0.111. The van der Waals surface area contributed by atoms with Gasteiger partial charge in [0.05, 0.1) is 0 Å². The molecule has 0 saturated carbocycles. The van der Waals surface area contributed by atoms with Crippen LogP contribution in [-0.2, 0) is 0 Å². The van der Waals surface area contributed by atoms with Crippen LogP contribution in [0.3, 0.4) is 0 Å². The van der Waals surface area contributed by atoms with Crippen LogP contribution in [0.2, 0.25) is 0 Å². The summed E-state index contributed by atoms with van der Waals surface area (Å²) in [4.78, 5) is 0. The summed E-state index contributed by atoms with van der Waals surface area (Å²) in [6.45, 7) is 3.41. The molecule has 0 saturated heterocycles. The van der Waals surface area contributed by atoms with Crippen molar-refractivity contribution in [3.8, 4) is 0 Å². The minimum Gasteiger partial charge on any atom is -0.593 e. The first kappa shape index (κ1) is 13.8. The van der Waals surface area contributed by atoms with E-state index >= 15 is 0 Å². The quantitative estimate of drug-likeness (QED) is 0.235. The summed E-state index contributed by atoms with van der Waals surface area (Å²) in [5, 5.41) is 0. The molecule has 0 fully saturated rings. The standard InChI is InChI=1S/C5H9B2F3IOP/c1-5(4-13(6)11)2-3-12-7(8,9)10/h12H,1-4H2. The molecule has 8 heteroatoms. The summed E-state index contributed by atoms with van der Waals surface area (Å²) in [6, 6.07) is 0. The Morgan fingerprint density at radius 1 is 1.54 bits per heavy atom. The van der Waals surface area contributed by atoms with Crippen molar-refractivity contribution in [1.29, 1.82) is 0 Å². The van der Waals surface area contributed by atoms with Crippen LogP contribution in [-0.4, -0.2) is 32.2 Å². The second-order valence-corrected chi connectivity index (χ2v) is 7.34. The zero-order valence-electron chi connectivity index (χ0n) is 6.89. The predicted molar refractivity (Wildman–Crippen MR) is 61.5 cm³/mol. The van der Waals surface area contributed by atoms with Gasteiger partial charge < -0.3 is 17.6 Å². The van der Waals surface area contributed by atoms with Crippen molar-refractivity contribution >= 4 is 42.2 Å². The normalized spacial score (nSPS) is 14.2. The maximum Gasteiger partial charge on any atom is 0.842 e. The lowest BCUT2D eigenvalue weighted by molar-refractivity contribution is 0.0377. The molecule has 0 aliphatic rings. The van der Waals surface area contributed by atoms with Crippen molar-refractivity contribution in [1.82, 2.24) is 0 Å². The van der Waals surface area contributed by atoms with Gasteiger partial charge in [0.1, 0.15) is 14.2 Å². The molecule has 0 aromatic rings. The van der Waals surface area contributed by atoms with Gasteiger partial charge in [-0.2, -0.15) is 0 Å². The van der Waals surface area contributed by atoms with Gasteiger partial charge in [-0.05, 0) is 6.16 Å². The van der Waals surface area contributed by atoms with Gasteiger partial charge >= 0.3 is 7.18 Å². The Morgan fingerprint density at radius 2 is 2.08 bits per heavy atom. The molecule has 0 heterocycles. The van der Waals surface area contributed by atoms with Crippen LogP contribution in [0, 0.1) is 0 Å². The van der Waals surface area contributed by atoms with Crippen LogP contribution in [0.15, 0.2) is 12.2 Å². The van der Waals surface area contributed by atoms with E-state index in [0.29, 0.717) is 6.16 Å². The minimum absolute atomic E-state index is 0.220. The molecule has 74 valence electrons. The predicted octanol–water partition coefficient (Wildman–Crippen LogP) is 2.72. The van der Waals surface area contributed by atoms with E-state index in [9.17, 15) is 12.9 Å². The van der Waals surface area contributed by atoms with Gasteiger partial charge in [0.15, 0.2) is 0 Å². The number of aliphatic hydroxyl groups is 1. The van der Waals surface area contributed by atoms with Gasteiger partial charge in [-0.15, -0.1) is 0 Å². The molecule has 1 atom stereocenters. The average Bonchev–Trinajstić information content (AvgIpc) is 1.81. The lowest BCUT2D eigenvalue weighted by Gasteiger charge is -2.12. The van der Waals surface area contributed by atoms with Crippen LogP contribution in [0.1, 0.15) is 6.42 Å². The monoisotopic (exact) mass is 322 g/mol. The van der Waals surface area contributed by atoms with Crippen molar-refractivity contribution in [2.24, 2.45) is 0 Å². The topological polar surface area (TPSA) is 12.8 Å². The summed E-state index contributed by atoms with van der Waals surface area (Å²) in [6.07, 6.45) is 0.885. The largest absolute Gasteiger partial charge is 0.842 e. The second-order valence-electron chi connectivity index (χ2n) is 2.50. The van der Waals surface area contributed by atoms with E-state index in [1.807, 2.05) is 0 Å². The van der Waals surface area contributed by atoms with Gasteiger partial charge in [-0.25, -0.2) is 0 Å². The lowest BCUT2D eigenvalue weighted by Crippen LogP contribution is -2.26. The van der Waals surface area contributed by atoms with E-state index in [4.69, 9.17) is 7.57 Å². The van der Waals surface area contributed by atoms with Crippen LogP contribution in [0.25, 0.3) is 0 Å². The fraction of sp³-hybridized carbons (Fsp3) is 0.600. The zero-order chi connectivity index (χ0) is 10.5. The highest BCUT2D eigenvalue weighted by Crippen LogP contribution is 2.40. The highest BCUT2D eigenvalue weighted by atomic mass is 127. The molecule has 0 aliphatic heterocycles. The smallest absolute Gasteiger partial charge is 0.593 e. The SMILES string of the molecule is [B]P(I)CC(=C)CC[OH+][B-](F)(F)F. The average molecular weight is 322 g/mol. The molecule has 0 bridgehead atoms. The molecule has 1 N–H and O–H groups in total. The Hall–Kier alpha value is 0.780. The van der Waals surface area contributed by atoms with Crippen molar-refractivity contribution < 1.29 is 17.6 Å². The molecule has 0 amide bonds. The van der Waals surface area contributed by atoms with Gasteiger partial charge in [0.2, 0.25) is 0 Å². The Balaban J connectivity index is 3.49. The van der Waals surface area contributed by atoms with E-state index in [2.05, 4.69) is 33.3 Å². The first-order valence-electron chi connectivity index (χ1n) is 3.53. The van der Waals surface area contributed by atoms with E-state index in [1.54, 1.807) is 0 Å². The summed E-state index contributed by atoms with van der Waals surface area (Å²) in [5.74, 6) is 0. The highest BCUT2D eigenvalue weighted by Gasteiger charge is 2.37. The first-order chi connectivity index (χ1) is 5.81. The van der Waals surface area contributed by atoms with Crippen LogP contribution in [0.4, 0.5) is 12.9 Å². The zero-order valence-corrected chi connectivity index (χ0v) is 9.94. The summed E-state index contributed by atoms with van der Waals surface area (Å²) in [7, 11) is 0.494. The number of halogens is 4. The number of rotatable bonds is 6. The molecule has 0 aromatic heterocycles. The summed E-state index contributed by atoms with van der Waals surface area (Å²) >= 11 is 2.06. The Kier molecular flexibility index (Phi) is 6.68. The fourth-order valence-corrected chi connectivity index (χ4v) is 2.69. The second kappa shape index (κ2) is 6.30. The van der Waals surface area contributed by atoms with Gasteiger partial charge in [-0.3, -0.25) is 0 Å². The fourth-order valence-electron chi connectivity index (χ4n) is 0.662. The van der Waals surface area contributed by atoms with Crippen molar-refractivity contribution in [2.75, 3.05) is 12.8 Å². The van der Waals surface area contributed by atoms with E-state index in [-0.39, 0.29) is 13.0 Å². The van der Waals surface area contributed by atoms with Crippen LogP contribution >= 0.6 is 27.5 Å². The van der Waals surface area contributed by atoms with Crippen molar-refractivity contribution in [2.45, 2.75) is 6.42 Å². The van der Waals surface area contributed by atoms with Crippen LogP contribution in [0.5, 0.6) is 0 Å².